The molecule has 2 aromatic carbocycles. The Morgan fingerprint density at radius 3 is 2.38 bits per heavy atom. The van der Waals surface area contributed by atoms with Crippen LogP contribution in [0.2, 0.25) is 0 Å². The molecule has 3 rings (SSSR count). The minimum Gasteiger partial charge on any atom is -0.478 e. The Bertz CT molecular complexity index is 971. The number of benzene rings is 2. The van der Waals surface area contributed by atoms with Gasteiger partial charge >= 0.3 is 11.9 Å². The van der Waals surface area contributed by atoms with Gasteiger partial charge in [0.2, 0.25) is 0 Å². The molecule has 134 valence electrons. The number of carboxylic acid groups (broad SMARTS) is 2. The first kappa shape index (κ1) is 18.1. The molecule has 26 heavy (non-hydrogen) atoms. The fraction of sp³-hybridized carbons (Fsp3) is 0.0625. The number of anilines is 1. The van der Waals surface area contributed by atoms with Gasteiger partial charge in [-0.05, 0) is 43.3 Å². The van der Waals surface area contributed by atoms with Crippen molar-refractivity contribution < 1.29 is 29.3 Å². The van der Waals surface area contributed by atoms with Gasteiger partial charge in [0.25, 0.3) is 0 Å². The molecule has 3 aromatic rings. The number of carbonyl (C=O) groups is 2. The molecular weight excluding hydrogens is 380 g/mol. The summed E-state index contributed by atoms with van der Waals surface area (Å²) in [6.07, 6.45) is 0. The topological polar surface area (TPSA) is 120 Å². The first-order valence-corrected chi connectivity index (χ1v) is 8.72. The van der Waals surface area contributed by atoms with E-state index in [9.17, 15) is 14.8 Å². The number of hydrogen-bond acceptors (Lipinski definition) is 8. The largest absolute Gasteiger partial charge is 0.478 e. The third-order valence-corrected chi connectivity index (χ3v) is 4.90. The smallest absolute Gasteiger partial charge is 0.335 e. The number of aryl methyl sites for hydroxylation is 1. The van der Waals surface area contributed by atoms with Gasteiger partial charge in [-0.1, -0.05) is 0 Å². The summed E-state index contributed by atoms with van der Waals surface area (Å²) < 4.78 is 6.10. The summed E-state index contributed by atoms with van der Waals surface area (Å²) in [5, 5.41) is 29.4. The molecule has 8 nitrogen and oxygen atoms in total. The summed E-state index contributed by atoms with van der Waals surface area (Å²) in [6, 6.07) is 8.62. The lowest BCUT2D eigenvalue weighted by Gasteiger charge is -2.15. The maximum atomic E-state index is 11.1. The normalized spacial score (nSPS) is 10.8. The molecule has 0 amide bonds. The molecule has 0 aliphatic heterocycles. The van der Waals surface area contributed by atoms with Crippen molar-refractivity contribution in [3.63, 3.8) is 0 Å². The second-order valence-electron chi connectivity index (χ2n) is 5.17. The highest BCUT2D eigenvalue weighted by atomic mass is 32.2. The minimum atomic E-state index is -1.32. The van der Waals surface area contributed by atoms with Crippen LogP contribution >= 0.6 is 23.4 Å². The Balaban J connectivity index is 1.79. The summed E-state index contributed by atoms with van der Waals surface area (Å²) >= 11 is 2.36. The summed E-state index contributed by atoms with van der Waals surface area (Å²) in [5.74, 6) is -2.64. The van der Waals surface area contributed by atoms with Crippen molar-refractivity contribution in [1.29, 1.82) is 0 Å². The first-order chi connectivity index (χ1) is 12.3. The number of aromatic carboxylic acids is 2. The predicted molar refractivity (Wildman–Crippen MR) is 95.9 cm³/mol. The number of aromatic nitrogens is 1. The first-order valence-electron chi connectivity index (χ1n) is 7.16. The highest BCUT2D eigenvalue weighted by Gasteiger charge is 2.15. The predicted octanol–water partition coefficient (Wildman–Crippen LogP) is 3.84. The van der Waals surface area contributed by atoms with Crippen LogP contribution in [0.4, 0.5) is 5.69 Å². The summed E-state index contributed by atoms with van der Waals surface area (Å²) in [5.41, 5.74) is 0.172. The van der Waals surface area contributed by atoms with Gasteiger partial charge in [-0.2, -0.15) is 4.28 Å². The Hall–Kier alpha value is -2.66. The molecule has 1 heterocycles. The van der Waals surface area contributed by atoms with Gasteiger partial charge in [-0.25, -0.2) is 14.6 Å². The summed E-state index contributed by atoms with van der Waals surface area (Å²) in [4.78, 5) is 27.3. The van der Waals surface area contributed by atoms with Gasteiger partial charge in [0.1, 0.15) is 0 Å². The van der Waals surface area contributed by atoms with Crippen molar-refractivity contribution >= 4 is 51.2 Å². The van der Waals surface area contributed by atoms with Gasteiger partial charge in [0.15, 0.2) is 0 Å². The zero-order valence-corrected chi connectivity index (χ0v) is 14.9. The monoisotopic (exact) mass is 392 g/mol. The second kappa shape index (κ2) is 7.30. The molecule has 0 saturated heterocycles. The molecule has 0 aliphatic carbocycles. The van der Waals surface area contributed by atoms with E-state index in [4.69, 9.17) is 14.5 Å². The average molecular weight is 392 g/mol. The zero-order chi connectivity index (χ0) is 18.8. The zero-order valence-electron chi connectivity index (χ0n) is 13.2. The molecule has 0 radical (unpaired) electrons. The number of hydrogen-bond donors (Lipinski definition) is 3. The number of nitrogens with zero attached hydrogens (tertiary/aromatic N) is 2. The van der Waals surface area contributed by atoms with E-state index in [0.717, 1.165) is 45.5 Å². The van der Waals surface area contributed by atoms with Crippen LogP contribution in [0.3, 0.4) is 0 Å². The van der Waals surface area contributed by atoms with Crippen molar-refractivity contribution in [2.24, 2.45) is 0 Å². The molecule has 0 fully saturated rings. The van der Waals surface area contributed by atoms with E-state index in [1.807, 2.05) is 19.1 Å². The highest BCUT2D eigenvalue weighted by molar-refractivity contribution is 7.94. The van der Waals surface area contributed by atoms with E-state index in [1.165, 1.54) is 11.3 Å². The van der Waals surface area contributed by atoms with Gasteiger partial charge < -0.3 is 10.2 Å². The van der Waals surface area contributed by atoms with Crippen molar-refractivity contribution in [2.45, 2.75) is 11.8 Å². The molecule has 0 bridgehead atoms. The maximum Gasteiger partial charge on any atom is 0.335 e. The molecule has 3 N–H and O–H groups in total. The van der Waals surface area contributed by atoms with Crippen LogP contribution in [-0.2, 0) is 4.28 Å². The molecule has 0 spiro atoms. The minimum absolute atomic E-state index is 0.121. The fourth-order valence-electron chi connectivity index (χ4n) is 2.16. The van der Waals surface area contributed by atoms with E-state index in [1.54, 1.807) is 6.07 Å². The van der Waals surface area contributed by atoms with Gasteiger partial charge in [-0.3, -0.25) is 5.21 Å². The van der Waals surface area contributed by atoms with Crippen molar-refractivity contribution in [3.8, 4) is 0 Å². The van der Waals surface area contributed by atoms with Crippen LogP contribution in [0.1, 0.15) is 25.7 Å². The van der Waals surface area contributed by atoms with Crippen LogP contribution in [0.5, 0.6) is 0 Å². The Kier molecular flexibility index (Phi) is 5.09. The lowest BCUT2D eigenvalue weighted by atomic mass is 10.1. The van der Waals surface area contributed by atoms with E-state index < -0.39 is 11.9 Å². The molecule has 0 unspecified atom stereocenters. The fourth-order valence-corrected chi connectivity index (χ4v) is 3.64. The van der Waals surface area contributed by atoms with Crippen molar-refractivity contribution in [1.82, 2.24) is 4.98 Å². The van der Waals surface area contributed by atoms with Gasteiger partial charge in [-0.15, -0.1) is 16.6 Å². The van der Waals surface area contributed by atoms with Crippen LogP contribution < -0.4 is 5.23 Å². The van der Waals surface area contributed by atoms with Gasteiger partial charge in [0.05, 0.1) is 44.1 Å². The Morgan fingerprint density at radius 2 is 1.77 bits per heavy atom. The van der Waals surface area contributed by atoms with E-state index in [-0.39, 0.29) is 16.8 Å². The lowest BCUT2D eigenvalue weighted by Crippen LogP contribution is -2.16. The van der Waals surface area contributed by atoms with Gasteiger partial charge in [0, 0.05) is 4.90 Å². The Morgan fingerprint density at radius 1 is 1.12 bits per heavy atom. The van der Waals surface area contributed by atoms with E-state index in [2.05, 4.69) is 4.98 Å². The van der Waals surface area contributed by atoms with E-state index in [0.29, 0.717) is 10.1 Å². The van der Waals surface area contributed by atoms with E-state index >= 15 is 0 Å². The number of rotatable bonds is 6. The Labute approximate surface area is 155 Å². The number of carboxylic acids is 2. The SMILES string of the molecule is Cc1nc2ccc(SON(O)c3cc(C(=O)O)cc(C(=O)O)c3)cc2s1. The quantitative estimate of drug-likeness (QED) is 0.424. The average Bonchev–Trinajstić information content (AvgIpc) is 2.98. The molecular formula is C16H12N2O6S2. The molecule has 0 saturated carbocycles. The second-order valence-corrected chi connectivity index (χ2v) is 7.19. The van der Waals surface area contributed by atoms with Crippen LogP contribution in [0.15, 0.2) is 41.3 Å². The van der Waals surface area contributed by atoms with Crippen LogP contribution in [0, 0.1) is 6.92 Å². The van der Waals surface area contributed by atoms with Crippen LogP contribution in [0.25, 0.3) is 10.2 Å². The lowest BCUT2D eigenvalue weighted by molar-refractivity contribution is 0.0682. The van der Waals surface area contributed by atoms with Crippen molar-refractivity contribution in [3.05, 3.63) is 52.5 Å². The van der Waals surface area contributed by atoms with Crippen LogP contribution in [-0.4, -0.2) is 32.3 Å². The third kappa shape index (κ3) is 3.94. The third-order valence-electron chi connectivity index (χ3n) is 3.30. The van der Waals surface area contributed by atoms with Crippen molar-refractivity contribution in [2.75, 3.05) is 5.23 Å². The summed E-state index contributed by atoms with van der Waals surface area (Å²) in [7, 11) is 0. The molecule has 1 aromatic heterocycles. The summed E-state index contributed by atoms with van der Waals surface area (Å²) in [6.45, 7) is 1.90. The molecule has 0 aliphatic rings. The number of thiazole rings is 1. The number of fused-ring (bicyclic) bond motifs is 1. The highest BCUT2D eigenvalue weighted by Crippen LogP contribution is 2.30. The standard InChI is InChI=1S/C16H12N2O6S2/c1-8-17-13-3-2-12(7-14(13)25-8)26-24-18(23)11-5-9(15(19)20)4-10(6-11)16(21)22/h2-7,23H,1H3,(H,19,20)(H,21,22). The molecule has 10 heteroatoms. The molecule has 0 atom stereocenters. The maximum absolute atomic E-state index is 11.1.